The molecule has 1 rings (SSSR count). The van der Waals surface area contributed by atoms with Gasteiger partial charge in [0.25, 0.3) is 0 Å². The molecule has 0 saturated carbocycles. The Morgan fingerprint density at radius 1 is 1.33 bits per heavy atom. The molecule has 0 aliphatic carbocycles. The molecule has 0 aliphatic rings. The summed E-state index contributed by atoms with van der Waals surface area (Å²) in [4.78, 5) is 2.14. The molecular formula is C13H20F2N2O. The van der Waals surface area contributed by atoms with Gasteiger partial charge in [0.05, 0.1) is 6.10 Å². The third kappa shape index (κ3) is 4.68. The number of rotatable bonds is 7. The summed E-state index contributed by atoms with van der Waals surface area (Å²) in [7, 11) is 2.01. The van der Waals surface area contributed by atoms with E-state index >= 15 is 0 Å². The molecule has 0 aliphatic heterocycles. The third-order valence-electron chi connectivity index (χ3n) is 2.88. The molecule has 18 heavy (non-hydrogen) atoms. The molecule has 0 radical (unpaired) electrons. The highest BCUT2D eigenvalue weighted by molar-refractivity contribution is 5.20. The van der Waals surface area contributed by atoms with Crippen LogP contribution in [0.15, 0.2) is 18.2 Å². The minimum absolute atomic E-state index is 0.322. The first-order valence-corrected chi connectivity index (χ1v) is 6.07. The zero-order chi connectivity index (χ0) is 13.5. The van der Waals surface area contributed by atoms with E-state index in [0.717, 1.165) is 31.8 Å². The average molecular weight is 258 g/mol. The molecule has 0 heterocycles. The number of likely N-dealkylation sites (N-methyl/N-ethyl adjacent to an activating group) is 1. The second kappa shape index (κ2) is 7.41. The van der Waals surface area contributed by atoms with E-state index in [1.807, 2.05) is 7.05 Å². The number of aliphatic hydroxyl groups excluding tert-OH is 1. The van der Waals surface area contributed by atoms with Gasteiger partial charge in [-0.15, -0.1) is 0 Å². The Morgan fingerprint density at radius 2 is 2.06 bits per heavy atom. The van der Waals surface area contributed by atoms with Crippen LogP contribution in [-0.4, -0.2) is 43.2 Å². The predicted molar refractivity (Wildman–Crippen MR) is 67.4 cm³/mol. The Labute approximate surface area is 106 Å². The van der Waals surface area contributed by atoms with Crippen molar-refractivity contribution >= 4 is 0 Å². The van der Waals surface area contributed by atoms with Gasteiger partial charge in [0.1, 0.15) is 0 Å². The van der Waals surface area contributed by atoms with E-state index in [1.165, 1.54) is 6.07 Å². The van der Waals surface area contributed by atoms with Crippen molar-refractivity contribution in [3.63, 3.8) is 0 Å². The first kappa shape index (κ1) is 15.0. The Balaban J connectivity index is 2.36. The molecule has 1 aromatic rings. The molecule has 1 aromatic carbocycles. The smallest absolute Gasteiger partial charge is 0.159 e. The number of halogens is 2. The third-order valence-corrected chi connectivity index (χ3v) is 2.88. The summed E-state index contributed by atoms with van der Waals surface area (Å²) in [6.45, 7) is 4.97. The molecule has 0 spiro atoms. The summed E-state index contributed by atoms with van der Waals surface area (Å²) < 4.78 is 25.7. The molecule has 0 saturated heterocycles. The average Bonchev–Trinajstić information content (AvgIpc) is 2.37. The number of nitrogens with zero attached hydrogens (tertiary/aromatic N) is 1. The lowest BCUT2D eigenvalue weighted by Crippen LogP contribution is -2.31. The fourth-order valence-corrected chi connectivity index (χ4v) is 1.50. The van der Waals surface area contributed by atoms with E-state index in [-0.39, 0.29) is 0 Å². The minimum Gasteiger partial charge on any atom is -0.387 e. The summed E-state index contributed by atoms with van der Waals surface area (Å²) in [5.74, 6) is -1.83. The number of nitrogens with one attached hydrogen (secondary N) is 1. The highest BCUT2D eigenvalue weighted by atomic mass is 19.2. The van der Waals surface area contributed by atoms with E-state index in [1.54, 1.807) is 0 Å². The summed E-state index contributed by atoms with van der Waals surface area (Å²) in [6, 6.07) is 3.45. The maximum atomic E-state index is 13.0. The maximum absolute atomic E-state index is 13.0. The van der Waals surface area contributed by atoms with Gasteiger partial charge in [-0.3, -0.25) is 0 Å². The molecule has 0 aromatic heterocycles. The van der Waals surface area contributed by atoms with Crippen molar-refractivity contribution in [2.24, 2.45) is 0 Å². The van der Waals surface area contributed by atoms with Crippen LogP contribution in [0.3, 0.4) is 0 Å². The SMILES string of the molecule is CCN(C)CCNCC(O)c1ccc(F)c(F)c1. The second-order valence-corrected chi connectivity index (χ2v) is 4.29. The highest BCUT2D eigenvalue weighted by Gasteiger charge is 2.10. The first-order valence-electron chi connectivity index (χ1n) is 6.07. The quantitative estimate of drug-likeness (QED) is 0.728. The van der Waals surface area contributed by atoms with Gasteiger partial charge in [-0.25, -0.2) is 8.78 Å². The van der Waals surface area contributed by atoms with Crippen LogP contribution in [0.1, 0.15) is 18.6 Å². The molecule has 1 unspecified atom stereocenters. The second-order valence-electron chi connectivity index (χ2n) is 4.29. The number of hydrogen-bond donors (Lipinski definition) is 2. The van der Waals surface area contributed by atoms with Crippen LogP contribution < -0.4 is 5.32 Å². The van der Waals surface area contributed by atoms with Crippen LogP contribution in [0, 0.1) is 11.6 Å². The van der Waals surface area contributed by atoms with Crippen molar-refractivity contribution in [2.45, 2.75) is 13.0 Å². The van der Waals surface area contributed by atoms with Gasteiger partial charge in [0.2, 0.25) is 0 Å². The first-order chi connectivity index (χ1) is 8.54. The molecule has 5 heteroatoms. The van der Waals surface area contributed by atoms with E-state index in [0.29, 0.717) is 12.1 Å². The summed E-state index contributed by atoms with van der Waals surface area (Å²) >= 11 is 0. The van der Waals surface area contributed by atoms with Gasteiger partial charge in [-0.1, -0.05) is 13.0 Å². The van der Waals surface area contributed by atoms with Crippen LogP contribution in [0.5, 0.6) is 0 Å². The van der Waals surface area contributed by atoms with Crippen LogP contribution in [0.4, 0.5) is 8.78 Å². The van der Waals surface area contributed by atoms with Gasteiger partial charge in [-0.05, 0) is 31.3 Å². The van der Waals surface area contributed by atoms with Gasteiger partial charge in [-0.2, -0.15) is 0 Å². The van der Waals surface area contributed by atoms with E-state index in [4.69, 9.17) is 0 Å². The normalized spacial score (nSPS) is 13.0. The lowest BCUT2D eigenvalue weighted by Gasteiger charge is -2.16. The van der Waals surface area contributed by atoms with E-state index in [9.17, 15) is 13.9 Å². The van der Waals surface area contributed by atoms with Gasteiger partial charge in [0, 0.05) is 19.6 Å². The number of benzene rings is 1. The number of aliphatic hydroxyl groups is 1. The van der Waals surface area contributed by atoms with Crippen molar-refractivity contribution in [3.05, 3.63) is 35.4 Å². The van der Waals surface area contributed by atoms with Crippen molar-refractivity contribution in [2.75, 3.05) is 33.2 Å². The van der Waals surface area contributed by atoms with Crippen molar-refractivity contribution in [1.82, 2.24) is 10.2 Å². The van der Waals surface area contributed by atoms with Crippen LogP contribution in [0.2, 0.25) is 0 Å². The molecule has 0 amide bonds. The predicted octanol–water partition coefficient (Wildman–Crippen LogP) is 1.54. The largest absolute Gasteiger partial charge is 0.387 e. The lowest BCUT2D eigenvalue weighted by atomic mass is 10.1. The molecule has 3 nitrogen and oxygen atoms in total. The van der Waals surface area contributed by atoms with Crippen molar-refractivity contribution < 1.29 is 13.9 Å². The van der Waals surface area contributed by atoms with Crippen molar-refractivity contribution in [3.8, 4) is 0 Å². The fourth-order valence-electron chi connectivity index (χ4n) is 1.50. The van der Waals surface area contributed by atoms with Crippen LogP contribution in [-0.2, 0) is 0 Å². The Hall–Kier alpha value is -1.04. The molecule has 102 valence electrons. The summed E-state index contributed by atoms with van der Waals surface area (Å²) in [5.41, 5.74) is 0.380. The molecule has 0 bridgehead atoms. The molecule has 0 fully saturated rings. The molecule has 2 N–H and O–H groups in total. The standard InChI is InChI=1S/C13H20F2N2O/c1-3-17(2)7-6-16-9-13(18)10-4-5-11(14)12(15)8-10/h4-5,8,13,16,18H,3,6-7,9H2,1-2H3. The lowest BCUT2D eigenvalue weighted by molar-refractivity contribution is 0.172. The zero-order valence-electron chi connectivity index (χ0n) is 10.8. The van der Waals surface area contributed by atoms with Gasteiger partial charge in [0.15, 0.2) is 11.6 Å². The van der Waals surface area contributed by atoms with Crippen molar-refractivity contribution in [1.29, 1.82) is 0 Å². The van der Waals surface area contributed by atoms with Crippen LogP contribution in [0.25, 0.3) is 0 Å². The zero-order valence-corrected chi connectivity index (χ0v) is 10.8. The van der Waals surface area contributed by atoms with E-state index in [2.05, 4.69) is 17.1 Å². The monoisotopic (exact) mass is 258 g/mol. The van der Waals surface area contributed by atoms with Gasteiger partial charge >= 0.3 is 0 Å². The maximum Gasteiger partial charge on any atom is 0.159 e. The highest BCUT2D eigenvalue weighted by Crippen LogP contribution is 2.15. The molecule has 1 atom stereocenters. The van der Waals surface area contributed by atoms with E-state index < -0.39 is 17.7 Å². The number of hydrogen-bond acceptors (Lipinski definition) is 3. The Morgan fingerprint density at radius 3 is 2.67 bits per heavy atom. The summed E-state index contributed by atoms with van der Waals surface area (Å²) in [6.07, 6.45) is -0.827. The Kier molecular flexibility index (Phi) is 6.18. The Bertz CT molecular complexity index is 374. The molecular weight excluding hydrogens is 238 g/mol. The fraction of sp³-hybridized carbons (Fsp3) is 0.538. The topological polar surface area (TPSA) is 35.5 Å². The summed E-state index contributed by atoms with van der Waals surface area (Å²) in [5, 5.41) is 12.9. The van der Waals surface area contributed by atoms with Crippen LogP contribution >= 0.6 is 0 Å². The van der Waals surface area contributed by atoms with Gasteiger partial charge < -0.3 is 15.3 Å². The minimum atomic E-state index is -0.933.